The third-order valence-corrected chi connectivity index (χ3v) is 6.15. The van der Waals surface area contributed by atoms with Crippen LogP contribution in [0.2, 0.25) is 0 Å². The van der Waals surface area contributed by atoms with E-state index in [-0.39, 0.29) is 18.9 Å². The maximum absolute atomic E-state index is 12.9. The van der Waals surface area contributed by atoms with E-state index in [1.807, 2.05) is 0 Å². The number of ether oxygens (including phenoxy) is 1. The van der Waals surface area contributed by atoms with Crippen LogP contribution in [0.4, 0.5) is 13.2 Å². The Bertz CT molecular complexity index is 1470. The quantitative estimate of drug-likeness (QED) is 0.411. The lowest BCUT2D eigenvalue weighted by Crippen LogP contribution is -2.09. The van der Waals surface area contributed by atoms with E-state index in [1.165, 1.54) is 24.7 Å². The van der Waals surface area contributed by atoms with Gasteiger partial charge in [0.1, 0.15) is 18.6 Å². The van der Waals surface area contributed by atoms with Gasteiger partial charge in [0, 0.05) is 29.6 Å². The Morgan fingerprint density at radius 1 is 1.06 bits per heavy atom. The summed E-state index contributed by atoms with van der Waals surface area (Å²) in [4.78, 5) is 12.8. The molecule has 1 atom stereocenters. The van der Waals surface area contributed by atoms with Gasteiger partial charge in [0.2, 0.25) is 11.2 Å². The minimum absolute atomic E-state index is 0.00934. The molecule has 1 unspecified atom stereocenters. The predicted octanol–water partition coefficient (Wildman–Crippen LogP) is 5.28. The molecule has 0 aliphatic rings. The molecule has 0 aliphatic carbocycles. The molecule has 2 aromatic carbocycles. The molecule has 172 valence electrons. The number of benzene rings is 2. The largest absolute Gasteiger partial charge is 0.482 e. The Labute approximate surface area is 187 Å². The van der Waals surface area contributed by atoms with Gasteiger partial charge in [-0.2, -0.15) is 13.2 Å². The molecule has 33 heavy (non-hydrogen) atoms. The minimum atomic E-state index is -4.42. The van der Waals surface area contributed by atoms with E-state index < -0.39 is 26.9 Å². The summed E-state index contributed by atoms with van der Waals surface area (Å²) >= 11 is 0. The average molecular weight is 476 g/mol. The van der Waals surface area contributed by atoms with Crippen LogP contribution in [0.15, 0.2) is 81.3 Å². The lowest BCUT2D eigenvalue weighted by atomic mass is 10.1. The number of nitrogens with one attached hydrogen (secondary N) is 1. The van der Waals surface area contributed by atoms with E-state index in [1.54, 1.807) is 41.2 Å². The molecule has 2 heterocycles. The summed E-state index contributed by atoms with van der Waals surface area (Å²) in [5.41, 5.74) is -0.395. The van der Waals surface area contributed by atoms with Gasteiger partial charge >= 0.3 is 6.18 Å². The topological polar surface area (TPSA) is 85.3 Å². The maximum Gasteiger partial charge on any atom is 0.416 e. The Balaban J connectivity index is 1.45. The third-order valence-electron chi connectivity index (χ3n) is 4.98. The molecular formula is C23H19F3N2O4S. The van der Waals surface area contributed by atoms with Crippen molar-refractivity contribution >= 4 is 20.5 Å². The lowest BCUT2D eigenvalue weighted by Gasteiger charge is -2.08. The van der Waals surface area contributed by atoms with Gasteiger partial charge in [-0.3, -0.25) is 4.79 Å². The highest BCUT2D eigenvalue weighted by Gasteiger charge is 2.30. The second-order valence-corrected chi connectivity index (χ2v) is 9.78. The Kier molecular flexibility index (Phi) is 5.79. The number of halogens is 3. The number of nitrogens with zero attached hydrogens (tertiary/aromatic N) is 1. The molecule has 0 aliphatic heterocycles. The smallest absolute Gasteiger partial charge is 0.416 e. The summed E-state index contributed by atoms with van der Waals surface area (Å²) < 4.78 is 70.6. The van der Waals surface area contributed by atoms with Crippen LogP contribution in [0.3, 0.4) is 0 Å². The average Bonchev–Trinajstić information content (AvgIpc) is 3.13. The first-order chi connectivity index (χ1) is 15.5. The Morgan fingerprint density at radius 3 is 2.39 bits per heavy atom. The van der Waals surface area contributed by atoms with E-state index in [4.69, 9.17) is 13.9 Å². The van der Waals surface area contributed by atoms with Crippen LogP contribution in [0.25, 0.3) is 10.8 Å². The van der Waals surface area contributed by atoms with Crippen molar-refractivity contribution in [2.75, 3.05) is 6.26 Å². The molecular weight excluding hydrogens is 457 g/mol. The van der Waals surface area contributed by atoms with E-state index in [2.05, 4.69) is 0 Å². The summed E-state index contributed by atoms with van der Waals surface area (Å²) in [6.45, 7) is 0.244. The van der Waals surface area contributed by atoms with Gasteiger partial charge in [-0.1, -0.05) is 18.2 Å². The van der Waals surface area contributed by atoms with Crippen LogP contribution in [-0.4, -0.2) is 15.0 Å². The van der Waals surface area contributed by atoms with Crippen LogP contribution >= 0.6 is 0 Å². The summed E-state index contributed by atoms with van der Waals surface area (Å²) in [5, 5.41) is 1.07. The molecule has 1 N–H and O–H groups in total. The first kappa shape index (κ1) is 22.7. The van der Waals surface area contributed by atoms with E-state index in [0.717, 1.165) is 17.7 Å². The van der Waals surface area contributed by atoms with Gasteiger partial charge in [-0.05, 0) is 40.6 Å². The first-order valence-corrected chi connectivity index (χ1v) is 11.7. The summed E-state index contributed by atoms with van der Waals surface area (Å²) in [7, 11) is -2.80. The zero-order valence-electron chi connectivity index (χ0n) is 17.4. The second kappa shape index (κ2) is 8.43. The molecule has 0 bridgehead atoms. The minimum Gasteiger partial charge on any atom is -0.482 e. The van der Waals surface area contributed by atoms with Gasteiger partial charge in [0.15, 0.2) is 0 Å². The summed E-state index contributed by atoms with van der Waals surface area (Å²) in [6.07, 6.45) is 1.35. The Morgan fingerprint density at radius 2 is 1.76 bits per heavy atom. The third kappa shape index (κ3) is 5.28. The van der Waals surface area contributed by atoms with Gasteiger partial charge < -0.3 is 13.7 Å². The van der Waals surface area contributed by atoms with Crippen LogP contribution in [-0.2, 0) is 29.1 Å². The first-order valence-electron chi connectivity index (χ1n) is 9.73. The highest BCUT2D eigenvalue weighted by atomic mass is 32.2. The number of alkyl halides is 3. The van der Waals surface area contributed by atoms with Crippen LogP contribution in [0, 0.1) is 4.78 Å². The van der Waals surface area contributed by atoms with E-state index >= 15 is 0 Å². The molecule has 0 saturated carbocycles. The van der Waals surface area contributed by atoms with Gasteiger partial charge in [-0.15, -0.1) is 0 Å². The van der Waals surface area contributed by atoms with Crippen molar-refractivity contribution in [1.29, 1.82) is 4.78 Å². The fourth-order valence-electron chi connectivity index (χ4n) is 3.28. The fraction of sp³-hybridized carbons (Fsp3) is 0.174. The predicted molar refractivity (Wildman–Crippen MR) is 117 cm³/mol. The normalized spacial score (nSPS) is 13.7. The van der Waals surface area contributed by atoms with Crippen LogP contribution in [0.1, 0.15) is 16.9 Å². The van der Waals surface area contributed by atoms with Crippen molar-refractivity contribution < 1.29 is 26.5 Å². The highest BCUT2D eigenvalue weighted by molar-refractivity contribution is 7.91. The van der Waals surface area contributed by atoms with Gasteiger partial charge in [0.25, 0.3) is 0 Å². The van der Waals surface area contributed by atoms with Crippen LogP contribution in [0.5, 0.6) is 5.75 Å². The lowest BCUT2D eigenvalue weighted by molar-refractivity contribution is -0.137. The van der Waals surface area contributed by atoms with Gasteiger partial charge in [0.05, 0.1) is 21.8 Å². The maximum atomic E-state index is 12.9. The zero-order chi connectivity index (χ0) is 23.8. The van der Waals surface area contributed by atoms with Gasteiger partial charge in [-0.25, -0.2) is 8.99 Å². The number of fused-ring (bicyclic) bond motifs is 1. The van der Waals surface area contributed by atoms with Crippen molar-refractivity contribution in [3.63, 3.8) is 0 Å². The van der Waals surface area contributed by atoms with Crippen molar-refractivity contribution in [2.45, 2.75) is 24.2 Å². The molecule has 0 saturated heterocycles. The summed E-state index contributed by atoms with van der Waals surface area (Å²) in [6, 6.07) is 11.3. The van der Waals surface area contributed by atoms with Crippen LogP contribution < -0.4 is 10.2 Å². The molecule has 0 fully saturated rings. The molecule has 6 nitrogen and oxygen atoms in total. The second-order valence-electron chi connectivity index (χ2n) is 7.62. The number of hydrogen-bond donors (Lipinski definition) is 1. The zero-order valence-corrected chi connectivity index (χ0v) is 18.2. The van der Waals surface area contributed by atoms with E-state index in [0.29, 0.717) is 21.4 Å². The van der Waals surface area contributed by atoms with Crippen molar-refractivity contribution in [1.82, 2.24) is 4.57 Å². The monoisotopic (exact) mass is 476 g/mol. The molecule has 0 amide bonds. The molecule has 10 heteroatoms. The molecule has 4 rings (SSSR count). The molecule has 2 aromatic heterocycles. The molecule has 4 aromatic rings. The number of rotatable bonds is 6. The van der Waals surface area contributed by atoms with E-state index in [9.17, 15) is 22.2 Å². The van der Waals surface area contributed by atoms with Crippen molar-refractivity contribution in [3.05, 3.63) is 94.3 Å². The number of hydrogen-bond acceptors (Lipinski definition) is 5. The van der Waals surface area contributed by atoms with Crippen molar-refractivity contribution in [3.8, 4) is 5.75 Å². The summed E-state index contributed by atoms with van der Waals surface area (Å²) in [5.74, 6) is 0.330. The standard InChI is InChI=1S/C23H19F3N2O4S/c1-33(27,30)20-6-2-15(3-7-20)13-32-22-14-31-19(9-21(22)29)12-28-10-16-4-5-18(23(24,25)26)8-17(16)11-28/h2-11,14,27H,12-13H2,1H3. The Hall–Kier alpha value is -3.53. The SMILES string of the molecule is CS(=N)(=O)c1ccc(COc2coc(Cn3cc4ccc(C(F)(F)F)cc4c3)cc2=O)cc1. The fourth-order valence-corrected chi connectivity index (χ4v) is 3.93. The molecule has 0 spiro atoms. The number of aromatic nitrogens is 1. The van der Waals surface area contributed by atoms with Crippen molar-refractivity contribution in [2.24, 2.45) is 0 Å². The highest BCUT2D eigenvalue weighted by Crippen LogP contribution is 2.31. The molecule has 0 radical (unpaired) electrons.